The van der Waals surface area contributed by atoms with Crippen LogP contribution >= 0.6 is 0 Å². The number of anilines is 1. The maximum Gasteiger partial charge on any atom is 0.328 e. The third-order valence-electron chi connectivity index (χ3n) is 2.21. The number of rotatable bonds is 4. The van der Waals surface area contributed by atoms with Crippen LogP contribution in [0.25, 0.3) is 6.08 Å². The first-order valence-corrected chi connectivity index (χ1v) is 5.54. The number of pyridine rings is 1. The molecule has 2 heterocycles. The smallest absolute Gasteiger partial charge is 0.328 e. The molecule has 0 unspecified atom stereocenters. The van der Waals surface area contributed by atoms with Gasteiger partial charge in [0, 0.05) is 24.8 Å². The van der Waals surface area contributed by atoms with Gasteiger partial charge in [0.15, 0.2) is 0 Å². The number of carboxylic acid groups (broad SMARTS) is 1. The lowest BCUT2D eigenvalue weighted by molar-refractivity contribution is -0.131. The van der Waals surface area contributed by atoms with Crippen LogP contribution in [-0.4, -0.2) is 32.2 Å². The number of aliphatic carboxylic acids is 1. The molecule has 0 fully saturated rings. The van der Waals surface area contributed by atoms with E-state index in [9.17, 15) is 9.59 Å². The normalized spacial score (nSPS) is 10.7. The molecule has 0 atom stereocenters. The maximum absolute atomic E-state index is 12.0. The van der Waals surface area contributed by atoms with E-state index >= 15 is 0 Å². The molecule has 1 amide bonds. The van der Waals surface area contributed by atoms with E-state index in [-0.39, 0.29) is 11.7 Å². The van der Waals surface area contributed by atoms with E-state index in [1.165, 1.54) is 12.3 Å². The van der Waals surface area contributed by atoms with Gasteiger partial charge in [-0.1, -0.05) is 11.2 Å². The van der Waals surface area contributed by atoms with Gasteiger partial charge in [-0.25, -0.2) is 4.79 Å². The van der Waals surface area contributed by atoms with Gasteiger partial charge in [0.25, 0.3) is 5.91 Å². The van der Waals surface area contributed by atoms with Crippen LogP contribution in [0.1, 0.15) is 21.9 Å². The molecule has 102 valence electrons. The van der Waals surface area contributed by atoms with Crippen LogP contribution in [0.5, 0.6) is 0 Å². The van der Waals surface area contributed by atoms with Crippen LogP contribution in [0.4, 0.5) is 6.01 Å². The number of amides is 1. The van der Waals surface area contributed by atoms with E-state index in [1.807, 2.05) is 0 Å². The minimum Gasteiger partial charge on any atom is -0.478 e. The summed E-state index contributed by atoms with van der Waals surface area (Å²) in [6, 6.07) is 3.11. The SMILES string of the molecule is Cc1nnc(NC(=O)c2ncccc2/C=C/C(=O)O)o1. The Bertz CT molecular complexity index is 678. The number of carbonyl (C=O) groups is 2. The molecule has 20 heavy (non-hydrogen) atoms. The van der Waals surface area contributed by atoms with Crippen LogP contribution in [-0.2, 0) is 4.79 Å². The van der Waals surface area contributed by atoms with Gasteiger partial charge >= 0.3 is 12.0 Å². The number of carbonyl (C=O) groups excluding carboxylic acids is 1. The summed E-state index contributed by atoms with van der Waals surface area (Å²) >= 11 is 0. The van der Waals surface area contributed by atoms with Crippen LogP contribution < -0.4 is 5.32 Å². The molecule has 0 aromatic carbocycles. The first kappa shape index (κ1) is 13.4. The zero-order valence-electron chi connectivity index (χ0n) is 10.4. The fourth-order valence-corrected chi connectivity index (χ4v) is 1.41. The number of carboxylic acids is 1. The fraction of sp³-hybridized carbons (Fsp3) is 0.0833. The fourth-order valence-electron chi connectivity index (χ4n) is 1.41. The van der Waals surface area contributed by atoms with Gasteiger partial charge in [0.2, 0.25) is 5.89 Å². The highest BCUT2D eigenvalue weighted by Crippen LogP contribution is 2.11. The Kier molecular flexibility index (Phi) is 3.85. The Morgan fingerprint density at radius 3 is 2.85 bits per heavy atom. The molecule has 2 rings (SSSR count). The van der Waals surface area contributed by atoms with Crippen LogP contribution in [0.15, 0.2) is 28.8 Å². The van der Waals surface area contributed by atoms with Crippen molar-refractivity contribution in [3.8, 4) is 0 Å². The minimum atomic E-state index is -1.12. The largest absolute Gasteiger partial charge is 0.478 e. The standard InChI is InChI=1S/C12H10N4O4/c1-7-15-16-12(20-7)14-11(19)10-8(3-2-6-13-10)4-5-9(17)18/h2-6H,1H3,(H,17,18)(H,14,16,19)/b5-4+. The van der Waals surface area contributed by atoms with Gasteiger partial charge in [0.1, 0.15) is 5.69 Å². The third-order valence-corrected chi connectivity index (χ3v) is 2.21. The molecule has 0 radical (unpaired) electrons. The van der Waals surface area contributed by atoms with E-state index in [4.69, 9.17) is 9.52 Å². The van der Waals surface area contributed by atoms with Crippen LogP contribution in [0, 0.1) is 6.92 Å². The summed E-state index contributed by atoms with van der Waals surface area (Å²) in [5.74, 6) is -1.38. The summed E-state index contributed by atoms with van der Waals surface area (Å²) in [6.45, 7) is 1.59. The lowest BCUT2D eigenvalue weighted by Gasteiger charge is -2.03. The van der Waals surface area contributed by atoms with Gasteiger partial charge in [-0.2, -0.15) is 0 Å². The van der Waals surface area contributed by atoms with E-state index in [2.05, 4.69) is 20.5 Å². The first-order valence-electron chi connectivity index (χ1n) is 5.54. The summed E-state index contributed by atoms with van der Waals surface area (Å²) in [5.41, 5.74) is 0.421. The van der Waals surface area contributed by atoms with Crippen molar-refractivity contribution in [1.82, 2.24) is 15.2 Å². The Labute approximate surface area is 113 Å². The van der Waals surface area contributed by atoms with Gasteiger partial charge in [-0.3, -0.25) is 15.1 Å². The molecule has 8 nitrogen and oxygen atoms in total. The Balaban J connectivity index is 2.23. The van der Waals surface area contributed by atoms with Crippen LogP contribution in [0.3, 0.4) is 0 Å². The van der Waals surface area contributed by atoms with Gasteiger partial charge in [0.05, 0.1) is 0 Å². The average molecular weight is 274 g/mol. The van der Waals surface area contributed by atoms with E-state index in [0.717, 1.165) is 6.08 Å². The second-order valence-electron chi connectivity index (χ2n) is 3.69. The minimum absolute atomic E-state index is 0.0497. The lowest BCUT2D eigenvalue weighted by atomic mass is 10.1. The van der Waals surface area contributed by atoms with Crippen molar-refractivity contribution in [2.45, 2.75) is 6.92 Å². The summed E-state index contributed by atoms with van der Waals surface area (Å²) in [6.07, 6.45) is 3.63. The summed E-state index contributed by atoms with van der Waals surface area (Å²) in [5, 5.41) is 18.2. The second kappa shape index (κ2) is 5.74. The molecule has 0 aliphatic heterocycles. The first-order chi connectivity index (χ1) is 9.56. The van der Waals surface area contributed by atoms with E-state index in [1.54, 1.807) is 19.1 Å². The topological polar surface area (TPSA) is 118 Å². The molecule has 0 spiro atoms. The van der Waals surface area contributed by atoms with Crippen molar-refractivity contribution in [3.05, 3.63) is 41.6 Å². The number of nitrogens with one attached hydrogen (secondary N) is 1. The molecule has 2 aromatic rings. The molecule has 0 bridgehead atoms. The van der Waals surface area contributed by atoms with Crippen molar-refractivity contribution in [2.24, 2.45) is 0 Å². The quantitative estimate of drug-likeness (QED) is 0.802. The Hall–Kier alpha value is -3.03. The molecular weight excluding hydrogens is 264 g/mol. The molecule has 0 aliphatic carbocycles. The second-order valence-corrected chi connectivity index (χ2v) is 3.69. The molecule has 0 aliphatic rings. The number of nitrogens with zero attached hydrogens (tertiary/aromatic N) is 3. The average Bonchev–Trinajstić information content (AvgIpc) is 2.82. The Morgan fingerprint density at radius 2 is 2.20 bits per heavy atom. The van der Waals surface area contributed by atoms with Gasteiger partial charge < -0.3 is 9.52 Å². The van der Waals surface area contributed by atoms with Crippen molar-refractivity contribution in [1.29, 1.82) is 0 Å². The monoisotopic (exact) mass is 274 g/mol. The maximum atomic E-state index is 12.0. The van der Waals surface area contributed by atoms with E-state index < -0.39 is 11.9 Å². The molecular formula is C12H10N4O4. The number of aryl methyl sites for hydroxylation is 1. The highest BCUT2D eigenvalue weighted by atomic mass is 16.4. The summed E-state index contributed by atoms with van der Waals surface area (Å²) < 4.78 is 5.02. The molecule has 8 heteroatoms. The number of aromatic nitrogens is 3. The predicted octanol–water partition coefficient (Wildman–Crippen LogP) is 1.12. The van der Waals surface area contributed by atoms with Crippen LogP contribution in [0.2, 0.25) is 0 Å². The number of hydrogen-bond donors (Lipinski definition) is 2. The Morgan fingerprint density at radius 1 is 1.40 bits per heavy atom. The predicted molar refractivity (Wildman–Crippen MR) is 67.9 cm³/mol. The van der Waals surface area contributed by atoms with Crippen molar-refractivity contribution < 1.29 is 19.1 Å². The summed E-state index contributed by atoms with van der Waals surface area (Å²) in [7, 11) is 0. The molecule has 2 aromatic heterocycles. The van der Waals surface area contributed by atoms with Crippen molar-refractivity contribution >= 4 is 24.0 Å². The molecule has 0 saturated carbocycles. The highest BCUT2D eigenvalue weighted by Gasteiger charge is 2.14. The van der Waals surface area contributed by atoms with Crippen molar-refractivity contribution in [3.63, 3.8) is 0 Å². The zero-order valence-corrected chi connectivity index (χ0v) is 10.4. The number of hydrogen-bond acceptors (Lipinski definition) is 6. The highest BCUT2D eigenvalue weighted by molar-refractivity contribution is 6.04. The zero-order chi connectivity index (χ0) is 14.5. The lowest BCUT2D eigenvalue weighted by Crippen LogP contribution is -2.15. The third kappa shape index (κ3) is 3.25. The van der Waals surface area contributed by atoms with Gasteiger partial charge in [-0.15, -0.1) is 5.10 Å². The van der Waals surface area contributed by atoms with Crippen molar-refractivity contribution in [2.75, 3.05) is 5.32 Å². The van der Waals surface area contributed by atoms with E-state index in [0.29, 0.717) is 11.5 Å². The molecule has 0 saturated heterocycles. The molecule has 2 N–H and O–H groups in total. The summed E-state index contributed by atoms with van der Waals surface area (Å²) in [4.78, 5) is 26.4. The van der Waals surface area contributed by atoms with Gasteiger partial charge in [-0.05, 0) is 12.1 Å².